The van der Waals surface area contributed by atoms with Gasteiger partial charge in [0.1, 0.15) is 0 Å². The van der Waals surface area contributed by atoms with Crippen LogP contribution >= 0.6 is 11.6 Å². The van der Waals surface area contributed by atoms with Gasteiger partial charge in [0, 0.05) is 36.0 Å². The van der Waals surface area contributed by atoms with Crippen molar-refractivity contribution in [3.63, 3.8) is 0 Å². The van der Waals surface area contributed by atoms with Crippen LogP contribution in [0.2, 0.25) is 5.02 Å². The molecule has 0 aromatic heterocycles. The molecule has 1 heterocycles. The van der Waals surface area contributed by atoms with Gasteiger partial charge in [-0.1, -0.05) is 23.7 Å². The lowest BCUT2D eigenvalue weighted by Crippen LogP contribution is -2.36. The second-order valence-electron chi connectivity index (χ2n) is 5.90. The summed E-state index contributed by atoms with van der Waals surface area (Å²) in [6.07, 6.45) is 0.789. The third-order valence-electron chi connectivity index (χ3n) is 4.11. The molecule has 6 heteroatoms. The summed E-state index contributed by atoms with van der Waals surface area (Å²) in [5.41, 5.74) is 3.14. The van der Waals surface area contributed by atoms with Crippen LogP contribution in [0.4, 0.5) is 16.2 Å². The fourth-order valence-electron chi connectivity index (χ4n) is 2.72. The normalized spacial score (nSPS) is 14.2. The maximum atomic E-state index is 11.9. The van der Waals surface area contributed by atoms with E-state index in [0.717, 1.165) is 38.4 Å². The Labute approximate surface area is 152 Å². The van der Waals surface area contributed by atoms with Gasteiger partial charge in [-0.25, -0.2) is 4.79 Å². The Morgan fingerprint density at radius 3 is 2.40 bits per heavy atom. The molecule has 0 unspecified atom stereocenters. The molecule has 3 rings (SSSR count). The number of nitrogens with one attached hydrogen (secondary N) is 2. The van der Waals surface area contributed by atoms with Crippen LogP contribution < -0.4 is 15.5 Å². The quantitative estimate of drug-likeness (QED) is 0.858. The summed E-state index contributed by atoms with van der Waals surface area (Å²) in [6, 6.07) is 15.3. The zero-order valence-corrected chi connectivity index (χ0v) is 14.8. The molecule has 0 spiro atoms. The molecule has 132 valence electrons. The van der Waals surface area contributed by atoms with Crippen LogP contribution in [0.15, 0.2) is 48.5 Å². The summed E-state index contributed by atoms with van der Waals surface area (Å²) in [4.78, 5) is 14.2. The lowest BCUT2D eigenvalue weighted by molar-refractivity contribution is 0.122. The molecule has 0 radical (unpaired) electrons. The van der Waals surface area contributed by atoms with Gasteiger partial charge in [-0.05, 0) is 48.4 Å². The Morgan fingerprint density at radius 2 is 1.72 bits per heavy atom. The number of carbonyl (C=O) groups is 1. The van der Waals surface area contributed by atoms with E-state index in [-0.39, 0.29) is 6.03 Å². The number of carbonyl (C=O) groups excluding carboxylic acids is 1. The maximum absolute atomic E-state index is 11.9. The van der Waals surface area contributed by atoms with Crippen molar-refractivity contribution in [2.24, 2.45) is 0 Å². The van der Waals surface area contributed by atoms with Gasteiger partial charge in [0.15, 0.2) is 0 Å². The van der Waals surface area contributed by atoms with E-state index < -0.39 is 0 Å². The van der Waals surface area contributed by atoms with Gasteiger partial charge in [0.2, 0.25) is 0 Å². The fraction of sp³-hybridized carbons (Fsp3) is 0.316. The van der Waals surface area contributed by atoms with Gasteiger partial charge in [-0.15, -0.1) is 0 Å². The molecule has 2 N–H and O–H groups in total. The highest BCUT2D eigenvalue weighted by Gasteiger charge is 2.10. The summed E-state index contributed by atoms with van der Waals surface area (Å²) < 4.78 is 5.37. The van der Waals surface area contributed by atoms with Crippen molar-refractivity contribution < 1.29 is 9.53 Å². The number of hydrogen-bond acceptors (Lipinski definition) is 3. The Bertz CT molecular complexity index is 683. The Hall–Kier alpha value is -2.24. The highest BCUT2D eigenvalue weighted by atomic mass is 35.5. The fourth-order valence-corrected chi connectivity index (χ4v) is 2.85. The second-order valence-corrected chi connectivity index (χ2v) is 6.34. The maximum Gasteiger partial charge on any atom is 0.319 e. The van der Waals surface area contributed by atoms with Crippen LogP contribution in [0.25, 0.3) is 0 Å². The van der Waals surface area contributed by atoms with Crippen LogP contribution in [-0.4, -0.2) is 38.9 Å². The third kappa shape index (κ3) is 5.37. The molecule has 1 aliphatic rings. The van der Waals surface area contributed by atoms with Crippen LogP contribution in [0.3, 0.4) is 0 Å². The predicted octanol–water partition coefficient (Wildman–Crippen LogP) is 3.54. The molecule has 0 atom stereocenters. The molecule has 1 fully saturated rings. The second kappa shape index (κ2) is 8.74. The molecular weight excluding hydrogens is 338 g/mol. The first-order valence-corrected chi connectivity index (χ1v) is 8.80. The third-order valence-corrected chi connectivity index (χ3v) is 4.37. The summed E-state index contributed by atoms with van der Waals surface area (Å²) in [7, 11) is 0. The van der Waals surface area contributed by atoms with Gasteiger partial charge in [-0.3, -0.25) is 0 Å². The number of benzene rings is 2. The number of rotatable bonds is 5. The van der Waals surface area contributed by atoms with E-state index in [1.807, 2.05) is 0 Å². The zero-order chi connectivity index (χ0) is 17.5. The van der Waals surface area contributed by atoms with Gasteiger partial charge < -0.3 is 20.3 Å². The van der Waals surface area contributed by atoms with Crippen LogP contribution in [0, 0.1) is 0 Å². The molecule has 25 heavy (non-hydrogen) atoms. The number of amides is 2. The molecule has 2 amide bonds. The minimum absolute atomic E-state index is 0.216. The van der Waals surface area contributed by atoms with E-state index in [4.69, 9.17) is 16.3 Å². The number of hydrogen-bond donors (Lipinski definition) is 2. The minimum atomic E-state index is -0.216. The first-order valence-electron chi connectivity index (χ1n) is 8.43. The van der Waals surface area contributed by atoms with Crippen molar-refractivity contribution in [2.45, 2.75) is 6.42 Å². The van der Waals surface area contributed by atoms with Gasteiger partial charge in [0.05, 0.1) is 13.2 Å². The van der Waals surface area contributed by atoms with Crippen molar-refractivity contribution in [1.29, 1.82) is 0 Å². The van der Waals surface area contributed by atoms with Crippen LogP contribution in [-0.2, 0) is 11.2 Å². The molecule has 0 saturated carbocycles. The zero-order valence-electron chi connectivity index (χ0n) is 14.0. The number of ether oxygens (including phenoxy) is 1. The summed E-state index contributed by atoms with van der Waals surface area (Å²) in [5, 5.41) is 6.29. The molecule has 0 bridgehead atoms. The highest BCUT2D eigenvalue weighted by Crippen LogP contribution is 2.17. The average Bonchev–Trinajstić information content (AvgIpc) is 2.65. The number of urea groups is 1. The van der Waals surface area contributed by atoms with E-state index in [9.17, 15) is 4.79 Å². The number of morpholine rings is 1. The number of nitrogens with zero attached hydrogens (tertiary/aromatic N) is 1. The van der Waals surface area contributed by atoms with Crippen molar-refractivity contribution in [3.05, 3.63) is 59.1 Å². The average molecular weight is 360 g/mol. The summed E-state index contributed by atoms with van der Waals surface area (Å²) in [5.74, 6) is 0. The van der Waals surface area contributed by atoms with E-state index in [1.54, 1.807) is 24.3 Å². The molecule has 1 saturated heterocycles. The Morgan fingerprint density at radius 1 is 1.04 bits per heavy atom. The standard InChI is InChI=1S/C19H22ClN3O2/c20-16-3-5-17(6-4-16)22-19(24)21-10-9-15-1-7-18(8-2-15)23-11-13-25-14-12-23/h1-8H,9-14H2,(H2,21,22,24). The smallest absolute Gasteiger partial charge is 0.319 e. The van der Waals surface area contributed by atoms with Crippen molar-refractivity contribution in [1.82, 2.24) is 5.32 Å². The molecule has 2 aromatic rings. The van der Waals surface area contributed by atoms with Crippen LogP contribution in [0.1, 0.15) is 5.56 Å². The summed E-state index contributed by atoms with van der Waals surface area (Å²) in [6.45, 7) is 4.02. The Kier molecular flexibility index (Phi) is 6.14. The van der Waals surface area contributed by atoms with E-state index in [0.29, 0.717) is 11.6 Å². The summed E-state index contributed by atoms with van der Waals surface area (Å²) >= 11 is 5.82. The molecular formula is C19H22ClN3O2. The number of halogens is 1. The lowest BCUT2D eigenvalue weighted by atomic mass is 10.1. The SMILES string of the molecule is O=C(NCCc1ccc(N2CCOCC2)cc1)Nc1ccc(Cl)cc1. The number of anilines is 2. The minimum Gasteiger partial charge on any atom is -0.378 e. The van der Waals surface area contributed by atoms with Gasteiger partial charge >= 0.3 is 6.03 Å². The first-order chi connectivity index (χ1) is 12.2. The molecule has 2 aromatic carbocycles. The molecule has 0 aliphatic carbocycles. The Balaban J connectivity index is 1.42. The predicted molar refractivity (Wildman–Crippen MR) is 102 cm³/mol. The van der Waals surface area contributed by atoms with Gasteiger partial charge in [-0.2, -0.15) is 0 Å². The van der Waals surface area contributed by atoms with E-state index >= 15 is 0 Å². The molecule has 1 aliphatic heterocycles. The topological polar surface area (TPSA) is 53.6 Å². The van der Waals surface area contributed by atoms with Crippen LogP contribution in [0.5, 0.6) is 0 Å². The first kappa shape index (κ1) is 17.6. The largest absolute Gasteiger partial charge is 0.378 e. The van der Waals surface area contributed by atoms with Gasteiger partial charge in [0.25, 0.3) is 0 Å². The van der Waals surface area contributed by atoms with Crippen molar-refractivity contribution in [2.75, 3.05) is 43.1 Å². The van der Waals surface area contributed by atoms with Crippen molar-refractivity contribution >= 4 is 29.0 Å². The lowest BCUT2D eigenvalue weighted by Gasteiger charge is -2.28. The monoisotopic (exact) mass is 359 g/mol. The highest BCUT2D eigenvalue weighted by molar-refractivity contribution is 6.30. The van der Waals surface area contributed by atoms with E-state index in [2.05, 4.69) is 39.8 Å². The van der Waals surface area contributed by atoms with Crippen molar-refractivity contribution in [3.8, 4) is 0 Å². The molecule has 5 nitrogen and oxygen atoms in total. The van der Waals surface area contributed by atoms with E-state index in [1.165, 1.54) is 11.3 Å².